The fourth-order valence-corrected chi connectivity index (χ4v) is 2.50. The molecule has 6 nitrogen and oxygen atoms in total. The van der Waals surface area contributed by atoms with Crippen LogP contribution in [0, 0.1) is 0 Å². The summed E-state index contributed by atoms with van der Waals surface area (Å²) in [5.74, 6) is 1.82. The summed E-state index contributed by atoms with van der Waals surface area (Å²) >= 11 is 0. The average molecular weight is 351 g/mol. The quantitative estimate of drug-likeness (QED) is 0.675. The number of carbonyl (C=O) groups is 1. The van der Waals surface area contributed by atoms with E-state index in [2.05, 4.69) is 15.5 Å². The molecule has 0 aliphatic rings. The highest BCUT2D eigenvalue weighted by Crippen LogP contribution is 2.17. The van der Waals surface area contributed by atoms with Gasteiger partial charge in [0.2, 0.25) is 17.7 Å². The normalized spacial score (nSPS) is 10.5. The van der Waals surface area contributed by atoms with Crippen LogP contribution in [0.15, 0.2) is 59.0 Å². The van der Waals surface area contributed by atoms with Crippen LogP contribution in [-0.4, -0.2) is 29.8 Å². The van der Waals surface area contributed by atoms with Crippen LogP contribution in [0.5, 0.6) is 5.75 Å². The van der Waals surface area contributed by atoms with Gasteiger partial charge in [-0.3, -0.25) is 4.79 Å². The number of rotatable bonds is 8. The molecular formula is C20H21N3O3. The molecule has 0 atom stereocenters. The summed E-state index contributed by atoms with van der Waals surface area (Å²) in [5.41, 5.74) is 1.99. The monoisotopic (exact) mass is 351 g/mol. The van der Waals surface area contributed by atoms with Gasteiger partial charge in [0.05, 0.1) is 7.11 Å². The third-order valence-electron chi connectivity index (χ3n) is 3.95. The van der Waals surface area contributed by atoms with Gasteiger partial charge in [0.1, 0.15) is 5.75 Å². The van der Waals surface area contributed by atoms with Gasteiger partial charge in [-0.15, -0.1) is 10.2 Å². The van der Waals surface area contributed by atoms with Crippen LogP contribution in [0.25, 0.3) is 11.5 Å². The fourth-order valence-electron chi connectivity index (χ4n) is 2.50. The van der Waals surface area contributed by atoms with Crippen molar-refractivity contribution in [3.63, 3.8) is 0 Å². The summed E-state index contributed by atoms with van der Waals surface area (Å²) in [5, 5.41) is 10.9. The van der Waals surface area contributed by atoms with E-state index in [1.165, 1.54) is 0 Å². The van der Waals surface area contributed by atoms with E-state index in [-0.39, 0.29) is 5.91 Å². The van der Waals surface area contributed by atoms with Crippen molar-refractivity contribution >= 4 is 5.91 Å². The molecule has 1 amide bonds. The van der Waals surface area contributed by atoms with Gasteiger partial charge in [-0.2, -0.15) is 0 Å². The third kappa shape index (κ3) is 4.92. The Morgan fingerprint density at radius 2 is 1.81 bits per heavy atom. The van der Waals surface area contributed by atoms with Crippen LogP contribution < -0.4 is 10.1 Å². The van der Waals surface area contributed by atoms with Crippen LogP contribution in [0.4, 0.5) is 0 Å². The van der Waals surface area contributed by atoms with E-state index >= 15 is 0 Å². The Kier molecular flexibility index (Phi) is 5.98. The van der Waals surface area contributed by atoms with Crippen molar-refractivity contribution in [1.82, 2.24) is 15.5 Å². The van der Waals surface area contributed by atoms with Gasteiger partial charge in [0, 0.05) is 24.9 Å². The highest BCUT2D eigenvalue weighted by Gasteiger charge is 2.09. The molecule has 0 aliphatic carbocycles. The molecule has 0 saturated carbocycles. The van der Waals surface area contributed by atoms with Crippen LogP contribution in [0.3, 0.4) is 0 Å². The van der Waals surface area contributed by atoms with E-state index in [4.69, 9.17) is 9.15 Å². The zero-order valence-corrected chi connectivity index (χ0v) is 14.6. The topological polar surface area (TPSA) is 77.2 Å². The maximum absolute atomic E-state index is 12.0. The van der Waals surface area contributed by atoms with Crippen LogP contribution >= 0.6 is 0 Å². The molecule has 0 fully saturated rings. The standard InChI is InChI=1S/C20H21N3O3/c1-25-17-10-7-15(8-11-17)9-12-18(24)21-14-13-19-22-23-20(26-19)16-5-3-2-4-6-16/h2-8,10-11H,9,12-14H2,1H3,(H,21,24). The van der Waals surface area contributed by atoms with Gasteiger partial charge in [-0.05, 0) is 36.2 Å². The Morgan fingerprint density at radius 3 is 2.54 bits per heavy atom. The lowest BCUT2D eigenvalue weighted by Crippen LogP contribution is -2.25. The van der Waals surface area contributed by atoms with Crippen molar-refractivity contribution in [2.75, 3.05) is 13.7 Å². The summed E-state index contributed by atoms with van der Waals surface area (Å²) in [6, 6.07) is 17.3. The van der Waals surface area contributed by atoms with Crippen molar-refractivity contribution < 1.29 is 13.9 Å². The van der Waals surface area contributed by atoms with Crippen molar-refractivity contribution in [1.29, 1.82) is 0 Å². The first kappa shape index (κ1) is 17.7. The lowest BCUT2D eigenvalue weighted by molar-refractivity contribution is -0.121. The number of benzene rings is 2. The molecule has 134 valence electrons. The highest BCUT2D eigenvalue weighted by atomic mass is 16.5. The largest absolute Gasteiger partial charge is 0.497 e. The first-order valence-electron chi connectivity index (χ1n) is 8.52. The second kappa shape index (κ2) is 8.80. The molecule has 1 N–H and O–H groups in total. The number of methoxy groups -OCH3 is 1. The van der Waals surface area contributed by atoms with E-state index in [9.17, 15) is 4.79 Å². The van der Waals surface area contributed by atoms with Crippen molar-refractivity contribution in [2.24, 2.45) is 0 Å². The molecular weight excluding hydrogens is 330 g/mol. The minimum atomic E-state index is 0.00335. The summed E-state index contributed by atoms with van der Waals surface area (Å²) in [6.45, 7) is 0.470. The lowest BCUT2D eigenvalue weighted by atomic mass is 10.1. The lowest BCUT2D eigenvalue weighted by Gasteiger charge is -2.05. The molecule has 0 unspecified atom stereocenters. The molecule has 26 heavy (non-hydrogen) atoms. The Hall–Kier alpha value is -3.15. The second-order valence-corrected chi connectivity index (χ2v) is 5.82. The fraction of sp³-hybridized carbons (Fsp3) is 0.250. The summed E-state index contributed by atoms with van der Waals surface area (Å²) in [4.78, 5) is 12.0. The molecule has 0 aliphatic heterocycles. The van der Waals surface area contributed by atoms with Gasteiger partial charge < -0.3 is 14.5 Å². The van der Waals surface area contributed by atoms with Gasteiger partial charge in [-0.1, -0.05) is 30.3 Å². The number of carbonyl (C=O) groups excluding carboxylic acids is 1. The third-order valence-corrected chi connectivity index (χ3v) is 3.95. The molecule has 0 radical (unpaired) electrons. The molecule has 0 bridgehead atoms. The maximum atomic E-state index is 12.0. The first-order chi connectivity index (χ1) is 12.7. The number of nitrogens with zero attached hydrogens (tertiary/aromatic N) is 2. The number of ether oxygens (including phenoxy) is 1. The van der Waals surface area contributed by atoms with E-state index in [0.717, 1.165) is 16.9 Å². The van der Waals surface area contributed by atoms with E-state index < -0.39 is 0 Å². The number of aromatic nitrogens is 2. The van der Waals surface area contributed by atoms with Gasteiger partial charge in [-0.25, -0.2) is 0 Å². The van der Waals surface area contributed by atoms with E-state index in [0.29, 0.717) is 37.6 Å². The van der Waals surface area contributed by atoms with Gasteiger partial charge in [0.25, 0.3) is 0 Å². The highest BCUT2D eigenvalue weighted by molar-refractivity contribution is 5.76. The molecule has 0 saturated heterocycles. The minimum Gasteiger partial charge on any atom is -0.497 e. The van der Waals surface area contributed by atoms with Crippen molar-refractivity contribution in [3.05, 3.63) is 66.1 Å². The first-order valence-corrected chi connectivity index (χ1v) is 8.52. The van der Waals surface area contributed by atoms with Crippen LogP contribution in [0.2, 0.25) is 0 Å². The summed E-state index contributed by atoms with van der Waals surface area (Å²) in [7, 11) is 1.63. The number of amides is 1. The number of nitrogens with one attached hydrogen (secondary N) is 1. The number of aryl methyl sites for hydroxylation is 1. The van der Waals surface area contributed by atoms with Gasteiger partial charge in [0.15, 0.2) is 0 Å². The molecule has 6 heteroatoms. The molecule has 2 aromatic carbocycles. The van der Waals surface area contributed by atoms with Crippen molar-refractivity contribution in [3.8, 4) is 17.2 Å². The van der Waals surface area contributed by atoms with E-state index in [1.54, 1.807) is 7.11 Å². The predicted octanol–water partition coefficient (Wildman–Crippen LogP) is 3.04. The zero-order chi connectivity index (χ0) is 18.2. The Morgan fingerprint density at radius 1 is 1.04 bits per heavy atom. The summed E-state index contributed by atoms with van der Waals surface area (Å²) < 4.78 is 10.7. The molecule has 3 aromatic rings. The second-order valence-electron chi connectivity index (χ2n) is 5.82. The Balaban J connectivity index is 1.40. The smallest absolute Gasteiger partial charge is 0.247 e. The van der Waals surface area contributed by atoms with Crippen LogP contribution in [-0.2, 0) is 17.6 Å². The molecule has 1 heterocycles. The maximum Gasteiger partial charge on any atom is 0.247 e. The Bertz CT molecular complexity index is 829. The Labute approximate surface area is 152 Å². The molecule has 3 rings (SSSR count). The van der Waals surface area contributed by atoms with E-state index in [1.807, 2.05) is 54.6 Å². The van der Waals surface area contributed by atoms with Crippen LogP contribution in [0.1, 0.15) is 17.9 Å². The number of hydrogen-bond donors (Lipinski definition) is 1. The molecule has 1 aromatic heterocycles. The molecule has 0 spiro atoms. The number of hydrogen-bond acceptors (Lipinski definition) is 5. The minimum absolute atomic E-state index is 0.00335. The van der Waals surface area contributed by atoms with Crippen molar-refractivity contribution in [2.45, 2.75) is 19.3 Å². The zero-order valence-electron chi connectivity index (χ0n) is 14.6. The average Bonchev–Trinajstić information content (AvgIpc) is 3.16. The SMILES string of the molecule is COc1ccc(CCC(=O)NCCc2nnc(-c3ccccc3)o2)cc1. The van der Waals surface area contributed by atoms with Gasteiger partial charge >= 0.3 is 0 Å². The summed E-state index contributed by atoms with van der Waals surface area (Å²) in [6.07, 6.45) is 1.63. The predicted molar refractivity (Wildman–Crippen MR) is 97.8 cm³/mol.